The average Bonchev–Trinajstić information content (AvgIpc) is 2.89. The highest BCUT2D eigenvalue weighted by molar-refractivity contribution is 6.18. The van der Waals surface area contributed by atoms with Gasteiger partial charge in [-0.15, -0.1) is 11.6 Å². The lowest BCUT2D eigenvalue weighted by atomic mass is 10.1. The standard InChI is InChI=1S/C13H13ClN4O3/c14-6-3-5-9(19)17-13-10(12(15)20)11(18-21-13)8-4-1-2-7-16-8/h1-2,4,7H,3,5-6H2,(H2,15,20)(H,17,19). The number of hydrogen-bond donors (Lipinski definition) is 2. The van der Waals surface area contributed by atoms with Gasteiger partial charge in [-0.05, 0) is 18.6 Å². The molecular formula is C13H13ClN4O3. The Labute approximate surface area is 125 Å². The van der Waals surface area contributed by atoms with Gasteiger partial charge in [-0.1, -0.05) is 11.2 Å². The molecule has 2 aromatic rings. The minimum Gasteiger partial charge on any atom is -0.365 e. The van der Waals surface area contributed by atoms with Crippen LogP contribution in [-0.4, -0.2) is 27.8 Å². The predicted octanol–water partition coefficient (Wildman–Crippen LogP) is 1.79. The molecule has 21 heavy (non-hydrogen) atoms. The topological polar surface area (TPSA) is 111 Å². The number of aromatic nitrogens is 2. The summed E-state index contributed by atoms with van der Waals surface area (Å²) in [6, 6.07) is 5.12. The molecule has 110 valence electrons. The van der Waals surface area contributed by atoms with Crippen LogP contribution in [0.3, 0.4) is 0 Å². The highest BCUT2D eigenvalue weighted by Crippen LogP contribution is 2.27. The lowest BCUT2D eigenvalue weighted by Crippen LogP contribution is -2.17. The summed E-state index contributed by atoms with van der Waals surface area (Å²) < 4.78 is 5.01. The number of rotatable bonds is 6. The first kappa shape index (κ1) is 15.0. The molecule has 2 rings (SSSR count). The Hall–Kier alpha value is -2.41. The molecule has 0 bridgehead atoms. The summed E-state index contributed by atoms with van der Waals surface area (Å²) in [7, 11) is 0. The number of amides is 2. The third-order valence-electron chi connectivity index (χ3n) is 2.64. The van der Waals surface area contributed by atoms with Crippen molar-refractivity contribution in [3.63, 3.8) is 0 Å². The number of alkyl halides is 1. The molecule has 0 saturated carbocycles. The third kappa shape index (κ3) is 3.57. The molecule has 0 radical (unpaired) electrons. The van der Waals surface area contributed by atoms with E-state index in [0.717, 1.165) is 0 Å². The second kappa shape index (κ2) is 6.85. The van der Waals surface area contributed by atoms with Crippen LogP contribution >= 0.6 is 11.6 Å². The average molecular weight is 309 g/mol. The maximum Gasteiger partial charge on any atom is 0.256 e. The second-order valence-corrected chi connectivity index (χ2v) is 4.53. The fourth-order valence-electron chi connectivity index (χ4n) is 1.70. The maximum absolute atomic E-state index is 11.7. The van der Waals surface area contributed by atoms with Crippen LogP contribution in [0.1, 0.15) is 23.2 Å². The van der Waals surface area contributed by atoms with E-state index in [1.165, 1.54) is 0 Å². The Morgan fingerprint density at radius 1 is 1.38 bits per heavy atom. The number of hydrogen-bond acceptors (Lipinski definition) is 5. The molecule has 0 spiro atoms. The van der Waals surface area contributed by atoms with Crippen LogP contribution in [0.15, 0.2) is 28.9 Å². The van der Waals surface area contributed by atoms with Gasteiger partial charge in [0.1, 0.15) is 11.3 Å². The first-order valence-corrected chi connectivity index (χ1v) is 6.73. The van der Waals surface area contributed by atoms with E-state index in [1.807, 2.05) is 0 Å². The quantitative estimate of drug-likeness (QED) is 0.790. The summed E-state index contributed by atoms with van der Waals surface area (Å²) in [6.45, 7) is 0. The highest BCUT2D eigenvalue weighted by Gasteiger charge is 2.24. The number of pyridine rings is 1. The van der Waals surface area contributed by atoms with Gasteiger partial charge in [0, 0.05) is 18.5 Å². The van der Waals surface area contributed by atoms with Gasteiger partial charge in [0.2, 0.25) is 11.8 Å². The van der Waals surface area contributed by atoms with Gasteiger partial charge in [0.15, 0.2) is 0 Å². The van der Waals surface area contributed by atoms with Crippen molar-refractivity contribution < 1.29 is 14.1 Å². The molecule has 0 fully saturated rings. The van der Waals surface area contributed by atoms with E-state index in [1.54, 1.807) is 24.4 Å². The minimum absolute atomic E-state index is 0.00655. The Kier molecular flexibility index (Phi) is 4.89. The third-order valence-corrected chi connectivity index (χ3v) is 2.90. The zero-order valence-corrected chi connectivity index (χ0v) is 11.8. The number of nitrogens with two attached hydrogens (primary N) is 1. The van der Waals surface area contributed by atoms with E-state index in [0.29, 0.717) is 18.0 Å². The van der Waals surface area contributed by atoms with Crippen LogP contribution in [0.2, 0.25) is 0 Å². The van der Waals surface area contributed by atoms with Crippen LogP contribution in [0.4, 0.5) is 5.88 Å². The zero-order chi connectivity index (χ0) is 15.2. The lowest BCUT2D eigenvalue weighted by Gasteiger charge is -2.02. The summed E-state index contributed by atoms with van der Waals surface area (Å²) in [6.07, 6.45) is 2.27. The van der Waals surface area contributed by atoms with Gasteiger partial charge in [0.05, 0.1) is 5.69 Å². The van der Waals surface area contributed by atoms with Crippen LogP contribution in [-0.2, 0) is 4.79 Å². The maximum atomic E-state index is 11.7. The van der Waals surface area contributed by atoms with Gasteiger partial charge < -0.3 is 10.3 Å². The van der Waals surface area contributed by atoms with Crippen molar-refractivity contribution in [2.24, 2.45) is 5.73 Å². The highest BCUT2D eigenvalue weighted by atomic mass is 35.5. The van der Waals surface area contributed by atoms with E-state index in [-0.39, 0.29) is 29.5 Å². The molecule has 0 aliphatic heterocycles. The van der Waals surface area contributed by atoms with Crippen molar-refractivity contribution in [3.8, 4) is 11.4 Å². The molecule has 2 amide bonds. The van der Waals surface area contributed by atoms with E-state index in [4.69, 9.17) is 21.9 Å². The molecule has 2 heterocycles. The zero-order valence-electron chi connectivity index (χ0n) is 11.0. The number of halogens is 1. The largest absolute Gasteiger partial charge is 0.365 e. The Balaban J connectivity index is 2.30. The minimum atomic E-state index is -0.760. The first-order valence-electron chi connectivity index (χ1n) is 6.20. The normalized spacial score (nSPS) is 10.3. The number of carbonyl (C=O) groups is 2. The number of carbonyl (C=O) groups excluding carboxylic acids is 2. The van der Waals surface area contributed by atoms with E-state index in [9.17, 15) is 9.59 Å². The van der Waals surface area contributed by atoms with E-state index >= 15 is 0 Å². The number of nitrogens with one attached hydrogen (secondary N) is 1. The monoisotopic (exact) mass is 308 g/mol. The predicted molar refractivity (Wildman–Crippen MR) is 76.8 cm³/mol. The molecule has 0 atom stereocenters. The Bertz CT molecular complexity index is 642. The Morgan fingerprint density at radius 3 is 2.81 bits per heavy atom. The van der Waals surface area contributed by atoms with Crippen molar-refractivity contribution in [3.05, 3.63) is 30.0 Å². The van der Waals surface area contributed by atoms with Gasteiger partial charge >= 0.3 is 0 Å². The molecule has 0 aliphatic carbocycles. The van der Waals surface area contributed by atoms with Crippen molar-refractivity contribution in [1.82, 2.24) is 10.1 Å². The molecule has 2 aromatic heterocycles. The smallest absolute Gasteiger partial charge is 0.256 e. The lowest BCUT2D eigenvalue weighted by molar-refractivity contribution is -0.116. The number of primary amides is 1. The van der Waals surface area contributed by atoms with Crippen LogP contribution < -0.4 is 11.1 Å². The molecule has 8 heteroatoms. The van der Waals surface area contributed by atoms with Gasteiger partial charge in [0.25, 0.3) is 5.91 Å². The molecular weight excluding hydrogens is 296 g/mol. The number of anilines is 1. The fraction of sp³-hybridized carbons (Fsp3) is 0.231. The Morgan fingerprint density at radius 2 is 2.19 bits per heavy atom. The van der Waals surface area contributed by atoms with Gasteiger partial charge in [-0.25, -0.2) is 0 Å². The SMILES string of the molecule is NC(=O)c1c(-c2ccccn2)noc1NC(=O)CCCCl. The van der Waals surface area contributed by atoms with Crippen molar-refractivity contribution in [2.75, 3.05) is 11.2 Å². The molecule has 0 unspecified atom stereocenters. The van der Waals surface area contributed by atoms with Crippen LogP contribution in [0.5, 0.6) is 0 Å². The van der Waals surface area contributed by atoms with Crippen LogP contribution in [0.25, 0.3) is 11.4 Å². The summed E-state index contributed by atoms with van der Waals surface area (Å²) in [5.41, 5.74) is 5.94. The first-order chi connectivity index (χ1) is 10.1. The fourth-order valence-corrected chi connectivity index (χ4v) is 1.83. The molecule has 3 N–H and O–H groups in total. The van der Waals surface area contributed by atoms with Crippen LogP contribution in [0, 0.1) is 0 Å². The van der Waals surface area contributed by atoms with E-state index < -0.39 is 5.91 Å². The summed E-state index contributed by atoms with van der Waals surface area (Å²) in [5, 5.41) is 6.22. The molecule has 0 saturated heterocycles. The van der Waals surface area contributed by atoms with Crippen molar-refractivity contribution in [1.29, 1.82) is 0 Å². The summed E-state index contributed by atoms with van der Waals surface area (Å²) in [5.74, 6) is -0.805. The molecule has 7 nitrogen and oxygen atoms in total. The second-order valence-electron chi connectivity index (χ2n) is 4.16. The van der Waals surface area contributed by atoms with Gasteiger partial charge in [-0.2, -0.15) is 0 Å². The number of nitrogens with zero attached hydrogens (tertiary/aromatic N) is 2. The van der Waals surface area contributed by atoms with Crippen molar-refractivity contribution in [2.45, 2.75) is 12.8 Å². The molecule has 0 aliphatic rings. The summed E-state index contributed by atoms with van der Waals surface area (Å²) >= 11 is 5.52. The van der Waals surface area contributed by atoms with E-state index in [2.05, 4.69) is 15.5 Å². The van der Waals surface area contributed by atoms with Gasteiger partial charge in [-0.3, -0.25) is 19.9 Å². The molecule has 0 aromatic carbocycles. The summed E-state index contributed by atoms with van der Waals surface area (Å²) in [4.78, 5) is 27.3. The van der Waals surface area contributed by atoms with Crippen molar-refractivity contribution >= 4 is 29.3 Å².